The minimum absolute atomic E-state index is 0.0172. The molecular weight excluding hydrogens is 446 g/mol. The van der Waals surface area contributed by atoms with Crippen molar-refractivity contribution in [2.24, 2.45) is 4.99 Å². The Hall–Kier alpha value is -3.10. The van der Waals surface area contributed by atoms with Crippen molar-refractivity contribution < 1.29 is 9.59 Å². The number of likely N-dealkylation sites (N-methyl/N-ethyl adjacent to an activating group) is 1. The zero-order valence-corrected chi connectivity index (χ0v) is 20.8. The number of carbonyl (C=O) groups excluding carboxylic acids is 2. The highest BCUT2D eigenvalue weighted by atomic mass is 32.2. The molecule has 2 aliphatic heterocycles. The van der Waals surface area contributed by atoms with Crippen LogP contribution in [0.15, 0.2) is 64.6 Å². The van der Waals surface area contributed by atoms with Crippen LogP contribution in [0, 0.1) is 0 Å². The zero-order chi connectivity index (χ0) is 24.1. The maximum absolute atomic E-state index is 13.5. The lowest BCUT2D eigenvalue weighted by Crippen LogP contribution is -2.42. The number of carbonyl (C=O) groups is 2. The molecule has 0 atom stereocenters. The van der Waals surface area contributed by atoms with Crippen molar-refractivity contribution in [3.63, 3.8) is 0 Å². The van der Waals surface area contributed by atoms with Gasteiger partial charge in [-0.2, -0.15) is 0 Å². The molecule has 0 spiro atoms. The number of anilines is 1. The van der Waals surface area contributed by atoms with Gasteiger partial charge >= 0.3 is 0 Å². The van der Waals surface area contributed by atoms with Gasteiger partial charge in [0.05, 0.1) is 22.8 Å². The molecule has 2 aromatic carbocycles. The summed E-state index contributed by atoms with van der Waals surface area (Å²) in [5.41, 5.74) is 3.13. The molecular formula is C26H31N5O2S. The third-order valence-corrected chi connectivity index (χ3v) is 6.89. The highest BCUT2D eigenvalue weighted by Gasteiger charge is 2.34. The normalized spacial score (nSPS) is 19.3. The predicted molar refractivity (Wildman–Crippen MR) is 139 cm³/mol. The molecule has 8 heteroatoms. The fraction of sp³-hybridized carbons (Fsp3) is 0.346. The largest absolute Gasteiger partial charge is 0.384 e. The second kappa shape index (κ2) is 10.9. The van der Waals surface area contributed by atoms with E-state index in [0.29, 0.717) is 27.9 Å². The molecule has 34 heavy (non-hydrogen) atoms. The Labute approximate surface area is 205 Å². The van der Waals surface area contributed by atoms with E-state index in [4.69, 9.17) is 4.99 Å². The lowest BCUT2D eigenvalue weighted by Gasteiger charge is -2.31. The summed E-state index contributed by atoms with van der Waals surface area (Å²) < 4.78 is 0. The number of Topliss-reactive ketones (excluding diaryl/α,β-unsaturated/α-hetero) is 1. The first-order valence-electron chi connectivity index (χ1n) is 11.6. The van der Waals surface area contributed by atoms with E-state index < -0.39 is 0 Å². The minimum atomic E-state index is -0.0424. The van der Waals surface area contributed by atoms with Gasteiger partial charge in [0.1, 0.15) is 0 Å². The quantitative estimate of drug-likeness (QED) is 0.477. The smallest absolute Gasteiger partial charge is 0.268 e. The molecule has 2 heterocycles. The average molecular weight is 478 g/mol. The van der Waals surface area contributed by atoms with Crippen molar-refractivity contribution in [1.82, 2.24) is 14.7 Å². The average Bonchev–Trinajstić information content (AvgIpc) is 3.11. The summed E-state index contributed by atoms with van der Waals surface area (Å²) in [6.07, 6.45) is 1.98. The van der Waals surface area contributed by atoms with E-state index in [1.807, 2.05) is 49.5 Å². The fourth-order valence-electron chi connectivity index (χ4n) is 3.89. The highest BCUT2D eigenvalue weighted by molar-refractivity contribution is 8.18. The van der Waals surface area contributed by atoms with Crippen LogP contribution in [0.5, 0.6) is 0 Å². The number of rotatable bonds is 7. The van der Waals surface area contributed by atoms with Crippen LogP contribution in [-0.2, 0) is 11.3 Å². The molecule has 1 N–H and O–H groups in total. The number of nitrogens with zero attached hydrogens (tertiary/aromatic N) is 4. The first-order valence-corrected chi connectivity index (χ1v) is 12.4. The predicted octanol–water partition coefficient (Wildman–Crippen LogP) is 4.17. The molecule has 2 fully saturated rings. The van der Waals surface area contributed by atoms with Crippen LogP contribution in [-0.4, -0.2) is 71.3 Å². The molecule has 7 nitrogen and oxygen atoms in total. The first kappa shape index (κ1) is 24.0. The minimum Gasteiger partial charge on any atom is -0.384 e. The van der Waals surface area contributed by atoms with E-state index in [1.165, 1.54) is 11.8 Å². The number of hydrogen-bond acceptors (Lipinski definition) is 7. The van der Waals surface area contributed by atoms with Gasteiger partial charge < -0.3 is 15.1 Å². The molecule has 178 valence electrons. The van der Waals surface area contributed by atoms with Gasteiger partial charge in [0.15, 0.2) is 11.0 Å². The molecule has 4 rings (SSSR count). The maximum atomic E-state index is 13.5. The van der Waals surface area contributed by atoms with Crippen molar-refractivity contribution in [3.05, 3.63) is 70.8 Å². The van der Waals surface area contributed by atoms with Crippen LogP contribution in [0.25, 0.3) is 0 Å². The second-order valence-corrected chi connectivity index (χ2v) is 9.53. The Bertz CT molecular complexity index is 1110. The SMILES string of the molecule is CCNc1ccc(C(C)=O)cc1N=C1S/C(=C\N2CCN(C)CC2)C(=O)N1Cc1ccccc1. The molecule has 0 radical (unpaired) electrons. The van der Waals surface area contributed by atoms with Crippen LogP contribution in [0.1, 0.15) is 29.8 Å². The number of aliphatic imine (C=N–C) groups is 1. The Morgan fingerprint density at radius 3 is 2.53 bits per heavy atom. The van der Waals surface area contributed by atoms with E-state index in [2.05, 4.69) is 22.2 Å². The molecule has 0 saturated carbocycles. The molecule has 0 aliphatic carbocycles. The summed E-state index contributed by atoms with van der Waals surface area (Å²) in [5.74, 6) is -0.0595. The van der Waals surface area contributed by atoms with E-state index in [0.717, 1.165) is 44.0 Å². The third kappa shape index (κ3) is 5.69. The number of piperazine rings is 1. The molecule has 0 aromatic heterocycles. The molecule has 0 unspecified atom stereocenters. The van der Waals surface area contributed by atoms with Gasteiger partial charge in [0.25, 0.3) is 5.91 Å². The summed E-state index contributed by atoms with van der Waals surface area (Å²) in [6.45, 7) is 8.46. The van der Waals surface area contributed by atoms with Gasteiger partial charge in [0.2, 0.25) is 0 Å². The number of thioether (sulfide) groups is 1. The lowest BCUT2D eigenvalue weighted by atomic mass is 10.1. The first-order chi connectivity index (χ1) is 16.4. The van der Waals surface area contributed by atoms with Gasteiger partial charge in [-0.15, -0.1) is 0 Å². The molecule has 0 bridgehead atoms. The summed E-state index contributed by atoms with van der Waals surface area (Å²) in [6, 6.07) is 15.4. The second-order valence-electron chi connectivity index (χ2n) is 8.52. The van der Waals surface area contributed by atoms with Gasteiger partial charge in [-0.1, -0.05) is 30.3 Å². The Morgan fingerprint density at radius 2 is 1.85 bits per heavy atom. The van der Waals surface area contributed by atoms with Crippen molar-refractivity contribution in [2.75, 3.05) is 45.1 Å². The van der Waals surface area contributed by atoms with Crippen LogP contribution in [0.2, 0.25) is 0 Å². The Kier molecular flexibility index (Phi) is 7.70. The molecule has 1 amide bonds. The van der Waals surface area contributed by atoms with Gasteiger partial charge in [0, 0.05) is 44.5 Å². The van der Waals surface area contributed by atoms with Crippen LogP contribution in [0.3, 0.4) is 0 Å². The lowest BCUT2D eigenvalue weighted by molar-refractivity contribution is -0.122. The van der Waals surface area contributed by atoms with Gasteiger partial charge in [-0.3, -0.25) is 14.5 Å². The van der Waals surface area contributed by atoms with Gasteiger partial charge in [-0.05, 0) is 56.4 Å². The van der Waals surface area contributed by atoms with Crippen LogP contribution in [0.4, 0.5) is 11.4 Å². The van der Waals surface area contributed by atoms with E-state index in [9.17, 15) is 9.59 Å². The Balaban J connectivity index is 1.70. The number of hydrogen-bond donors (Lipinski definition) is 1. The zero-order valence-electron chi connectivity index (χ0n) is 20.0. The van der Waals surface area contributed by atoms with Crippen molar-refractivity contribution in [3.8, 4) is 0 Å². The number of benzene rings is 2. The summed E-state index contributed by atoms with van der Waals surface area (Å²) in [7, 11) is 2.11. The van der Waals surface area contributed by atoms with E-state index >= 15 is 0 Å². The number of amidine groups is 1. The van der Waals surface area contributed by atoms with Crippen molar-refractivity contribution >= 4 is 40.0 Å². The van der Waals surface area contributed by atoms with E-state index in [-0.39, 0.29) is 11.7 Å². The Morgan fingerprint density at radius 1 is 1.12 bits per heavy atom. The van der Waals surface area contributed by atoms with Crippen molar-refractivity contribution in [1.29, 1.82) is 0 Å². The standard InChI is InChI=1S/C26H31N5O2S/c1-4-27-22-11-10-21(19(2)32)16-23(22)28-26-31(17-20-8-6-5-7-9-20)25(33)24(34-26)18-30-14-12-29(3)13-15-30/h5-11,16,18,27H,4,12-15,17H2,1-3H3/b24-18-,28-26?. The topological polar surface area (TPSA) is 68.2 Å². The van der Waals surface area contributed by atoms with Crippen molar-refractivity contribution in [2.45, 2.75) is 20.4 Å². The van der Waals surface area contributed by atoms with E-state index in [1.54, 1.807) is 24.0 Å². The molecule has 2 saturated heterocycles. The summed E-state index contributed by atoms with van der Waals surface area (Å²) in [5, 5.41) is 3.93. The van der Waals surface area contributed by atoms with Crippen LogP contribution >= 0.6 is 11.8 Å². The highest BCUT2D eigenvalue weighted by Crippen LogP contribution is 2.36. The summed E-state index contributed by atoms with van der Waals surface area (Å²) in [4.78, 5) is 37.3. The summed E-state index contributed by atoms with van der Waals surface area (Å²) >= 11 is 1.40. The third-order valence-electron chi connectivity index (χ3n) is 5.90. The van der Waals surface area contributed by atoms with Crippen LogP contribution < -0.4 is 5.32 Å². The van der Waals surface area contributed by atoms with Gasteiger partial charge in [-0.25, -0.2) is 4.99 Å². The molecule has 2 aromatic rings. The fourth-order valence-corrected chi connectivity index (χ4v) is 4.89. The maximum Gasteiger partial charge on any atom is 0.268 e. The number of amides is 1. The number of ketones is 1. The molecule has 2 aliphatic rings. The monoisotopic (exact) mass is 477 g/mol. The number of nitrogens with one attached hydrogen (secondary N) is 1.